The Kier molecular flexibility index (Phi) is 5.08. The smallest absolute Gasteiger partial charge is 0.258 e. The van der Waals surface area contributed by atoms with Crippen molar-refractivity contribution in [3.05, 3.63) is 69.8 Å². The van der Waals surface area contributed by atoms with Gasteiger partial charge < -0.3 is 5.32 Å². The zero-order valence-electron chi connectivity index (χ0n) is 12.2. The molecule has 4 nitrogen and oxygen atoms in total. The molecule has 1 heterocycles. The quantitative estimate of drug-likeness (QED) is 0.586. The Morgan fingerprint density at radius 1 is 1.17 bits per heavy atom. The van der Waals surface area contributed by atoms with Crippen LogP contribution in [-0.2, 0) is 0 Å². The zero-order chi connectivity index (χ0) is 17.1. The summed E-state index contributed by atoms with van der Waals surface area (Å²) in [6, 6.07) is 14.5. The number of aromatic nitrogens is 1. The Morgan fingerprint density at radius 2 is 2.00 bits per heavy atom. The average molecular weight is 421 g/mol. The van der Waals surface area contributed by atoms with Gasteiger partial charge in [0.15, 0.2) is 5.11 Å². The van der Waals surface area contributed by atoms with Crippen molar-refractivity contribution in [2.45, 2.75) is 0 Å². The van der Waals surface area contributed by atoms with E-state index in [-0.39, 0.29) is 11.0 Å². The number of pyridine rings is 1. The van der Waals surface area contributed by atoms with E-state index < -0.39 is 0 Å². The predicted octanol–water partition coefficient (Wildman–Crippen LogP) is 4.78. The number of carbonyl (C=O) groups is 1. The number of benzene rings is 2. The Hall–Kier alpha value is -2.02. The molecule has 0 saturated carbocycles. The first-order chi connectivity index (χ1) is 11.5. The minimum absolute atomic E-state index is 0.187. The first-order valence-corrected chi connectivity index (χ1v) is 8.53. The number of anilines is 1. The molecule has 0 fully saturated rings. The molecular formula is C17H11BrClN3OS. The Bertz CT molecular complexity index is 943. The number of hydrogen-bond acceptors (Lipinski definition) is 3. The van der Waals surface area contributed by atoms with Gasteiger partial charge >= 0.3 is 0 Å². The predicted molar refractivity (Wildman–Crippen MR) is 105 cm³/mol. The minimum atomic E-state index is -0.378. The summed E-state index contributed by atoms with van der Waals surface area (Å²) in [6.07, 6.45) is 1.72. The summed E-state index contributed by atoms with van der Waals surface area (Å²) in [4.78, 5) is 16.6. The van der Waals surface area contributed by atoms with E-state index in [1.807, 2.05) is 30.3 Å². The summed E-state index contributed by atoms with van der Waals surface area (Å²) < 4.78 is 0.760. The summed E-state index contributed by atoms with van der Waals surface area (Å²) >= 11 is 14.6. The molecule has 7 heteroatoms. The molecule has 0 radical (unpaired) electrons. The third kappa shape index (κ3) is 3.72. The number of nitrogens with one attached hydrogen (secondary N) is 2. The van der Waals surface area contributed by atoms with Crippen molar-refractivity contribution in [2.24, 2.45) is 0 Å². The number of carbonyl (C=O) groups excluding carboxylic acids is 1. The van der Waals surface area contributed by atoms with Gasteiger partial charge in [-0.25, -0.2) is 0 Å². The fourth-order valence-electron chi connectivity index (χ4n) is 2.21. The molecule has 120 valence electrons. The van der Waals surface area contributed by atoms with Crippen molar-refractivity contribution in [2.75, 3.05) is 5.32 Å². The summed E-state index contributed by atoms with van der Waals surface area (Å²) in [5.74, 6) is -0.378. The molecule has 1 aromatic heterocycles. The van der Waals surface area contributed by atoms with Crippen molar-refractivity contribution < 1.29 is 4.79 Å². The van der Waals surface area contributed by atoms with Crippen LogP contribution in [0.15, 0.2) is 59.2 Å². The largest absolute Gasteiger partial charge is 0.332 e. The third-order valence-corrected chi connectivity index (χ3v) is 4.32. The van der Waals surface area contributed by atoms with Crippen LogP contribution in [0.2, 0.25) is 5.02 Å². The Labute approximate surface area is 157 Å². The molecule has 0 unspecified atom stereocenters. The molecule has 0 aliphatic rings. The maximum Gasteiger partial charge on any atom is 0.258 e. The van der Waals surface area contributed by atoms with Gasteiger partial charge in [0.1, 0.15) is 0 Å². The number of amides is 1. The van der Waals surface area contributed by atoms with E-state index in [4.69, 9.17) is 23.8 Å². The van der Waals surface area contributed by atoms with Gasteiger partial charge in [-0.3, -0.25) is 15.1 Å². The standard InChI is InChI=1S/C17H11BrClN3OS/c18-10-6-7-13(19)12(9-10)16(23)22-17(24)21-15-5-1-4-14-11(15)3-2-8-20-14/h1-9H,(H2,21,22,23,24). The van der Waals surface area contributed by atoms with Gasteiger partial charge in [-0.1, -0.05) is 33.6 Å². The number of thiocarbonyl (C=S) groups is 1. The molecular weight excluding hydrogens is 410 g/mol. The number of rotatable bonds is 2. The molecule has 0 spiro atoms. The first-order valence-electron chi connectivity index (χ1n) is 6.96. The maximum atomic E-state index is 12.3. The van der Waals surface area contributed by atoms with Gasteiger partial charge in [-0.05, 0) is 54.7 Å². The Balaban J connectivity index is 1.78. The van der Waals surface area contributed by atoms with Crippen molar-refractivity contribution in [3.8, 4) is 0 Å². The SMILES string of the molecule is O=C(NC(=S)Nc1cccc2ncccc12)c1cc(Br)ccc1Cl. The van der Waals surface area contributed by atoms with E-state index in [0.717, 1.165) is 21.1 Å². The van der Waals surface area contributed by atoms with E-state index in [0.29, 0.717) is 10.6 Å². The third-order valence-electron chi connectivity index (χ3n) is 3.29. The van der Waals surface area contributed by atoms with Crippen LogP contribution in [-0.4, -0.2) is 16.0 Å². The van der Waals surface area contributed by atoms with E-state index in [1.54, 1.807) is 24.4 Å². The lowest BCUT2D eigenvalue weighted by Gasteiger charge is -2.12. The van der Waals surface area contributed by atoms with Crippen LogP contribution in [0, 0.1) is 0 Å². The second-order valence-electron chi connectivity index (χ2n) is 4.91. The van der Waals surface area contributed by atoms with Gasteiger partial charge in [0.2, 0.25) is 0 Å². The van der Waals surface area contributed by atoms with Gasteiger partial charge in [0.25, 0.3) is 5.91 Å². The first kappa shape index (κ1) is 16.8. The topological polar surface area (TPSA) is 54.0 Å². The lowest BCUT2D eigenvalue weighted by Crippen LogP contribution is -2.34. The molecule has 0 bridgehead atoms. The summed E-state index contributed by atoms with van der Waals surface area (Å²) in [5.41, 5.74) is 1.95. The average Bonchev–Trinajstić information content (AvgIpc) is 2.57. The molecule has 1 amide bonds. The van der Waals surface area contributed by atoms with Gasteiger partial charge in [0, 0.05) is 21.7 Å². The van der Waals surface area contributed by atoms with Crippen molar-refractivity contribution in [3.63, 3.8) is 0 Å². The van der Waals surface area contributed by atoms with Crippen molar-refractivity contribution in [1.29, 1.82) is 0 Å². The molecule has 3 rings (SSSR count). The van der Waals surface area contributed by atoms with Gasteiger partial charge in [-0.15, -0.1) is 0 Å². The molecule has 0 saturated heterocycles. The van der Waals surface area contributed by atoms with Crippen LogP contribution < -0.4 is 10.6 Å². The Morgan fingerprint density at radius 3 is 2.83 bits per heavy atom. The van der Waals surface area contributed by atoms with E-state index >= 15 is 0 Å². The number of nitrogens with zero attached hydrogens (tertiary/aromatic N) is 1. The summed E-state index contributed by atoms with van der Waals surface area (Å²) in [5, 5.41) is 7.11. The second kappa shape index (κ2) is 7.25. The van der Waals surface area contributed by atoms with Gasteiger partial charge in [-0.2, -0.15) is 0 Å². The van der Waals surface area contributed by atoms with E-state index in [9.17, 15) is 4.79 Å². The van der Waals surface area contributed by atoms with Crippen LogP contribution in [0.4, 0.5) is 5.69 Å². The maximum absolute atomic E-state index is 12.3. The highest BCUT2D eigenvalue weighted by Gasteiger charge is 2.13. The second-order valence-corrected chi connectivity index (χ2v) is 6.64. The highest BCUT2D eigenvalue weighted by Crippen LogP contribution is 2.22. The molecule has 3 aromatic rings. The van der Waals surface area contributed by atoms with Crippen LogP contribution >= 0.6 is 39.7 Å². The number of fused-ring (bicyclic) bond motifs is 1. The molecule has 0 aliphatic heterocycles. The summed E-state index contributed by atoms with van der Waals surface area (Å²) in [6.45, 7) is 0. The van der Waals surface area contributed by atoms with Crippen LogP contribution in [0.3, 0.4) is 0 Å². The van der Waals surface area contributed by atoms with Crippen LogP contribution in [0.5, 0.6) is 0 Å². The van der Waals surface area contributed by atoms with E-state index in [2.05, 4.69) is 31.5 Å². The molecule has 2 aromatic carbocycles. The van der Waals surface area contributed by atoms with Crippen molar-refractivity contribution >= 4 is 67.4 Å². The van der Waals surface area contributed by atoms with Crippen LogP contribution in [0.25, 0.3) is 10.9 Å². The van der Waals surface area contributed by atoms with Gasteiger partial charge in [0.05, 0.1) is 16.1 Å². The highest BCUT2D eigenvalue weighted by molar-refractivity contribution is 9.10. The molecule has 24 heavy (non-hydrogen) atoms. The fraction of sp³-hybridized carbons (Fsp3) is 0. The lowest BCUT2D eigenvalue weighted by atomic mass is 10.2. The normalized spacial score (nSPS) is 10.4. The van der Waals surface area contributed by atoms with Crippen molar-refractivity contribution in [1.82, 2.24) is 10.3 Å². The number of halogens is 2. The summed E-state index contributed by atoms with van der Waals surface area (Å²) in [7, 11) is 0. The number of hydrogen-bond donors (Lipinski definition) is 2. The molecule has 2 N–H and O–H groups in total. The monoisotopic (exact) mass is 419 g/mol. The molecule has 0 aliphatic carbocycles. The fourth-order valence-corrected chi connectivity index (χ4v) is 2.97. The minimum Gasteiger partial charge on any atom is -0.332 e. The molecule has 0 atom stereocenters. The van der Waals surface area contributed by atoms with E-state index in [1.165, 1.54) is 0 Å². The lowest BCUT2D eigenvalue weighted by molar-refractivity contribution is 0.0978. The zero-order valence-corrected chi connectivity index (χ0v) is 15.4. The highest BCUT2D eigenvalue weighted by atomic mass is 79.9. The van der Waals surface area contributed by atoms with Crippen LogP contribution in [0.1, 0.15) is 10.4 Å².